The van der Waals surface area contributed by atoms with E-state index in [0.717, 1.165) is 18.3 Å². The molecule has 0 radical (unpaired) electrons. The molecule has 0 saturated carbocycles. The summed E-state index contributed by atoms with van der Waals surface area (Å²) < 4.78 is 0. The zero-order valence-electron chi connectivity index (χ0n) is 5.19. The number of hydrogen-bond acceptors (Lipinski definition) is 1. The number of amides is 1. The van der Waals surface area contributed by atoms with Crippen molar-refractivity contribution in [2.24, 2.45) is 5.92 Å². The van der Waals surface area contributed by atoms with Crippen molar-refractivity contribution in [3.63, 3.8) is 0 Å². The standard InChI is InChI=1S/C6H10BrNO/c7-3-5-1-2-6(9)8-4-5/h5H,1-4H2,(H,8,9). The van der Waals surface area contributed by atoms with Crippen LogP contribution in [0.2, 0.25) is 0 Å². The van der Waals surface area contributed by atoms with Crippen molar-refractivity contribution in [3.8, 4) is 0 Å². The normalized spacial score (nSPS) is 27.7. The highest BCUT2D eigenvalue weighted by Gasteiger charge is 2.15. The summed E-state index contributed by atoms with van der Waals surface area (Å²) in [5.74, 6) is 0.856. The number of hydrogen-bond donors (Lipinski definition) is 1. The summed E-state index contributed by atoms with van der Waals surface area (Å²) in [4.78, 5) is 10.6. The van der Waals surface area contributed by atoms with Crippen LogP contribution in [0.4, 0.5) is 0 Å². The molecule has 1 aliphatic heterocycles. The van der Waals surface area contributed by atoms with Gasteiger partial charge in [0.05, 0.1) is 0 Å². The summed E-state index contributed by atoms with van der Waals surface area (Å²) in [6.07, 6.45) is 1.74. The molecule has 0 aromatic heterocycles. The molecule has 0 spiro atoms. The van der Waals surface area contributed by atoms with Crippen LogP contribution in [0.3, 0.4) is 0 Å². The number of rotatable bonds is 1. The molecule has 2 nitrogen and oxygen atoms in total. The van der Waals surface area contributed by atoms with E-state index in [0.29, 0.717) is 12.3 Å². The third kappa shape index (κ3) is 1.97. The van der Waals surface area contributed by atoms with E-state index in [1.54, 1.807) is 0 Å². The van der Waals surface area contributed by atoms with Crippen LogP contribution in [0.25, 0.3) is 0 Å². The number of nitrogens with one attached hydrogen (secondary N) is 1. The molecule has 1 atom stereocenters. The van der Waals surface area contributed by atoms with E-state index in [1.807, 2.05) is 0 Å². The zero-order valence-corrected chi connectivity index (χ0v) is 6.78. The molecule has 0 aromatic carbocycles. The summed E-state index contributed by atoms with van der Waals surface area (Å²) in [6.45, 7) is 0.851. The second-order valence-electron chi connectivity index (χ2n) is 2.36. The first kappa shape index (κ1) is 7.06. The Labute approximate surface area is 63.1 Å². The molecule has 0 bridgehead atoms. The van der Waals surface area contributed by atoms with Gasteiger partial charge in [0.2, 0.25) is 5.91 Å². The highest BCUT2D eigenvalue weighted by atomic mass is 79.9. The maximum Gasteiger partial charge on any atom is 0.220 e. The van der Waals surface area contributed by atoms with Crippen molar-refractivity contribution in [1.29, 1.82) is 0 Å². The molecular formula is C6H10BrNO. The topological polar surface area (TPSA) is 29.1 Å². The molecule has 1 saturated heterocycles. The van der Waals surface area contributed by atoms with E-state index in [9.17, 15) is 4.79 Å². The molecule has 0 aliphatic carbocycles. The molecule has 1 N–H and O–H groups in total. The minimum Gasteiger partial charge on any atom is -0.356 e. The molecule has 3 heteroatoms. The van der Waals surface area contributed by atoms with E-state index < -0.39 is 0 Å². The Morgan fingerprint density at radius 1 is 1.78 bits per heavy atom. The lowest BCUT2D eigenvalue weighted by molar-refractivity contribution is -0.122. The maximum atomic E-state index is 10.6. The molecule has 9 heavy (non-hydrogen) atoms. The summed E-state index contributed by atoms with van der Waals surface area (Å²) in [6, 6.07) is 0. The molecule has 1 amide bonds. The average Bonchev–Trinajstić information content (AvgIpc) is 1.90. The predicted octanol–water partition coefficient (Wildman–Crippen LogP) is 0.907. The van der Waals surface area contributed by atoms with Crippen molar-refractivity contribution < 1.29 is 4.79 Å². The number of carbonyl (C=O) groups excluding carboxylic acids is 1. The fraction of sp³-hybridized carbons (Fsp3) is 0.833. The quantitative estimate of drug-likeness (QED) is 0.614. The van der Waals surface area contributed by atoms with E-state index >= 15 is 0 Å². The van der Waals surface area contributed by atoms with E-state index in [4.69, 9.17) is 0 Å². The minimum absolute atomic E-state index is 0.201. The van der Waals surface area contributed by atoms with Gasteiger partial charge in [-0.2, -0.15) is 0 Å². The Hall–Kier alpha value is -0.0500. The van der Waals surface area contributed by atoms with Gasteiger partial charge in [-0.15, -0.1) is 0 Å². The lowest BCUT2D eigenvalue weighted by Gasteiger charge is -2.19. The summed E-state index contributed by atoms with van der Waals surface area (Å²) in [7, 11) is 0. The second-order valence-corrected chi connectivity index (χ2v) is 3.01. The van der Waals surface area contributed by atoms with Crippen LogP contribution >= 0.6 is 15.9 Å². The first-order chi connectivity index (χ1) is 4.33. The molecule has 1 fully saturated rings. The first-order valence-electron chi connectivity index (χ1n) is 3.15. The number of halogens is 1. The van der Waals surface area contributed by atoms with Crippen LogP contribution in [-0.4, -0.2) is 17.8 Å². The summed E-state index contributed by atoms with van der Waals surface area (Å²) in [5.41, 5.74) is 0. The van der Waals surface area contributed by atoms with Crippen LogP contribution < -0.4 is 5.32 Å². The zero-order chi connectivity index (χ0) is 6.69. The lowest BCUT2D eigenvalue weighted by Crippen LogP contribution is -2.35. The van der Waals surface area contributed by atoms with Gasteiger partial charge in [0.25, 0.3) is 0 Å². The minimum atomic E-state index is 0.201. The smallest absolute Gasteiger partial charge is 0.220 e. The van der Waals surface area contributed by atoms with Gasteiger partial charge >= 0.3 is 0 Å². The fourth-order valence-corrected chi connectivity index (χ4v) is 1.47. The van der Waals surface area contributed by atoms with Gasteiger partial charge in [0.1, 0.15) is 0 Å². The van der Waals surface area contributed by atoms with Crippen molar-refractivity contribution in [1.82, 2.24) is 5.32 Å². The average molecular weight is 192 g/mol. The Kier molecular flexibility index (Phi) is 2.51. The van der Waals surface area contributed by atoms with Gasteiger partial charge in [0.15, 0.2) is 0 Å². The van der Waals surface area contributed by atoms with Crippen LogP contribution in [0, 0.1) is 5.92 Å². The molecule has 0 aromatic rings. The van der Waals surface area contributed by atoms with Gasteiger partial charge in [-0.25, -0.2) is 0 Å². The Morgan fingerprint density at radius 2 is 2.56 bits per heavy atom. The first-order valence-corrected chi connectivity index (χ1v) is 4.27. The molecule has 1 rings (SSSR count). The van der Waals surface area contributed by atoms with Crippen molar-refractivity contribution >= 4 is 21.8 Å². The van der Waals surface area contributed by atoms with Gasteiger partial charge in [-0.1, -0.05) is 15.9 Å². The summed E-state index contributed by atoms with van der Waals surface area (Å²) >= 11 is 3.38. The van der Waals surface area contributed by atoms with Crippen LogP contribution in [-0.2, 0) is 4.79 Å². The van der Waals surface area contributed by atoms with E-state index in [2.05, 4.69) is 21.2 Å². The van der Waals surface area contributed by atoms with E-state index in [-0.39, 0.29) is 5.91 Å². The molecule has 52 valence electrons. The van der Waals surface area contributed by atoms with Gasteiger partial charge < -0.3 is 5.32 Å². The largest absolute Gasteiger partial charge is 0.356 e. The second kappa shape index (κ2) is 3.20. The number of piperidine rings is 1. The molecular weight excluding hydrogens is 182 g/mol. The summed E-state index contributed by atoms with van der Waals surface area (Å²) in [5, 5.41) is 3.82. The maximum absolute atomic E-state index is 10.6. The van der Waals surface area contributed by atoms with E-state index in [1.165, 1.54) is 0 Å². The number of alkyl halides is 1. The van der Waals surface area contributed by atoms with Crippen molar-refractivity contribution in [3.05, 3.63) is 0 Å². The van der Waals surface area contributed by atoms with Crippen molar-refractivity contribution in [2.45, 2.75) is 12.8 Å². The van der Waals surface area contributed by atoms with Gasteiger partial charge in [0, 0.05) is 18.3 Å². The Bertz CT molecular complexity index is 106. The highest BCUT2D eigenvalue weighted by molar-refractivity contribution is 9.09. The highest BCUT2D eigenvalue weighted by Crippen LogP contribution is 2.12. The Morgan fingerprint density at radius 3 is 3.00 bits per heavy atom. The molecule has 1 unspecified atom stereocenters. The third-order valence-electron chi connectivity index (χ3n) is 1.59. The Balaban J connectivity index is 2.26. The van der Waals surface area contributed by atoms with Crippen LogP contribution in [0.15, 0.2) is 0 Å². The number of carbonyl (C=O) groups is 1. The van der Waals surface area contributed by atoms with Crippen molar-refractivity contribution in [2.75, 3.05) is 11.9 Å². The van der Waals surface area contributed by atoms with Crippen LogP contribution in [0.5, 0.6) is 0 Å². The van der Waals surface area contributed by atoms with Gasteiger partial charge in [-0.3, -0.25) is 4.79 Å². The monoisotopic (exact) mass is 191 g/mol. The fourth-order valence-electron chi connectivity index (χ4n) is 0.916. The predicted molar refractivity (Wildman–Crippen MR) is 39.5 cm³/mol. The van der Waals surface area contributed by atoms with Gasteiger partial charge in [-0.05, 0) is 12.3 Å². The SMILES string of the molecule is O=C1CCC(CBr)CN1. The molecule has 1 heterocycles. The molecule has 1 aliphatic rings. The van der Waals surface area contributed by atoms with Crippen LogP contribution in [0.1, 0.15) is 12.8 Å². The lowest BCUT2D eigenvalue weighted by atomic mass is 10.0. The third-order valence-corrected chi connectivity index (χ3v) is 2.50.